The quantitative estimate of drug-likeness (QED) is 0.505. The van der Waals surface area contributed by atoms with E-state index >= 15 is 0 Å². The van der Waals surface area contributed by atoms with Gasteiger partial charge in [-0.25, -0.2) is 0 Å². The number of nitrogens with zero attached hydrogens (tertiary/aromatic N) is 2. The maximum atomic E-state index is 12.0. The van der Waals surface area contributed by atoms with E-state index in [1.54, 1.807) is 36.4 Å². The van der Waals surface area contributed by atoms with Crippen molar-refractivity contribution in [2.45, 2.75) is 0 Å². The van der Waals surface area contributed by atoms with Crippen molar-refractivity contribution >= 4 is 28.5 Å². The largest absolute Gasteiger partial charge is 0.508 e. The Morgan fingerprint density at radius 2 is 1.89 bits per heavy atom. The summed E-state index contributed by atoms with van der Waals surface area (Å²) >= 11 is 1.25. The van der Waals surface area contributed by atoms with Crippen LogP contribution in [-0.2, 0) is 4.79 Å². The van der Waals surface area contributed by atoms with Crippen molar-refractivity contribution in [2.75, 3.05) is 12.1 Å². The standard InChI is InChI=1S/C20H15N3O4S/c24-15-8-6-14(7-9-15)19-22-23-20(28-19)21-18(25)4-2-1-3-13-5-10-16-17(11-13)27-12-26-16/h1-11,24H,12H2,(H,21,23,25)/b3-1+,4-2+. The lowest BCUT2D eigenvalue weighted by Crippen LogP contribution is -2.07. The molecule has 140 valence electrons. The van der Waals surface area contributed by atoms with Gasteiger partial charge in [0.1, 0.15) is 10.8 Å². The molecular formula is C20H15N3O4S. The number of hydrogen-bond donors (Lipinski definition) is 2. The molecule has 1 aliphatic heterocycles. The average molecular weight is 393 g/mol. The summed E-state index contributed by atoms with van der Waals surface area (Å²) < 4.78 is 10.6. The molecule has 1 aromatic heterocycles. The SMILES string of the molecule is O=C(/C=C/C=C/c1ccc2c(c1)OCO2)Nc1nnc(-c2ccc(O)cc2)s1. The van der Waals surface area contributed by atoms with Crippen LogP contribution in [0.1, 0.15) is 5.56 Å². The third kappa shape index (κ3) is 4.18. The van der Waals surface area contributed by atoms with Crippen molar-refractivity contribution in [3.05, 3.63) is 66.3 Å². The van der Waals surface area contributed by atoms with E-state index in [9.17, 15) is 9.90 Å². The summed E-state index contributed by atoms with van der Waals surface area (Å²) in [5.41, 5.74) is 1.76. The minimum absolute atomic E-state index is 0.181. The lowest BCUT2D eigenvalue weighted by molar-refractivity contribution is -0.111. The van der Waals surface area contributed by atoms with Crippen LogP contribution in [0.2, 0.25) is 0 Å². The first-order chi connectivity index (χ1) is 13.7. The molecule has 28 heavy (non-hydrogen) atoms. The van der Waals surface area contributed by atoms with Crippen molar-refractivity contribution in [1.82, 2.24) is 10.2 Å². The topological polar surface area (TPSA) is 93.6 Å². The fourth-order valence-electron chi connectivity index (χ4n) is 2.47. The summed E-state index contributed by atoms with van der Waals surface area (Å²) in [6.45, 7) is 0.239. The Balaban J connectivity index is 1.33. The fraction of sp³-hybridized carbons (Fsp3) is 0.0500. The van der Waals surface area contributed by atoms with Gasteiger partial charge in [0.15, 0.2) is 11.5 Å². The van der Waals surface area contributed by atoms with Gasteiger partial charge in [-0.2, -0.15) is 0 Å². The number of nitrogens with one attached hydrogen (secondary N) is 1. The Hall–Kier alpha value is -3.65. The van der Waals surface area contributed by atoms with E-state index in [0.29, 0.717) is 15.9 Å². The molecule has 7 nitrogen and oxygen atoms in total. The van der Waals surface area contributed by atoms with Crippen LogP contribution in [-0.4, -0.2) is 28.0 Å². The Bertz CT molecular complexity index is 1060. The number of benzene rings is 2. The van der Waals surface area contributed by atoms with Gasteiger partial charge in [-0.3, -0.25) is 10.1 Å². The van der Waals surface area contributed by atoms with Crippen LogP contribution in [0, 0.1) is 0 Å². The van der Waals surface area contributed by atoms with Crippen molar-refractivity contribution in [2.24, 2.45) is 0 Å². The number of ether oxygens (including phenoxy) is 2. The Kier molecular flexibility index (Phi) is 5.03. The van der Waals surface area contributed by atoms with E-state index in [0.717, 1.165) is 16.9 Å². The summed E-state index contributed by atoms with van der Waals surface area (Å²) in [5.74, 6) is 1.32. The second-order valence-electron chi connectivity index (χ2n) is 5.78. The first-order valence-electron chi connectivity index (χ1n) is 8.36. The monoisotopic (exact) mass is 393 g/mol. The normalized spacial score (nSPS) is 12.7. The van der Waals surface area contributed by atoms with Crippen molar-refractivity contribution in [1.29, 1.82) is 0 Å². The number of anilines is 1. The van der Waals surface area contributed by atoms with Gasteiger partial charge in [0.2, 0.25) is 17.8 Å². The van der Waals surface area contributed by atoms with Gasteiger partial charge >= 0.3 is 0 Å². The number of aromatic nitrogens is 2. The second kappa shape index (κ2) is 7.93. The molecule has 2 aromatic carbocycles. The zero-order chi connectivity index (χ0) is 19.3. The van der Waals surface area contributed by atoms with E-state index in [1.165, 1.54) is 17.4 Å². The number of carbonyl (C=O) groups is 1. The number of amides is 1. The number of aromatic hydroxyl groups is 1. The predicted octanol–water partition coefficient (Wildman–Crippen LogP) is 3.85. The van der Waals surface area contributed by atoms with Crippen LogP contribution in [0.5, 0.6) is 17.2 Å². The van der Waals surface area contributed by atoms with Crippen LogP contribution in [0.3, 0.4) is 0 Å². The molecule has 0 fully saturated rings. The molecule has 0 saturated heterocycles. The van der Waals surface area contributed by atoms with Crippen molar-refractivity contribution in [3.8, 4) is 27.8 Å². The number of rotatable bonds is 5. The number of hydrogen-bond acceptors (Lipinski definition) is 7. The molecule has 0 radical (unpaired) electrons. The van der Waals surface area contributed by atoms with Gasteiger partial charge in [-0.1, -0.05) is 35.6 Å². The van der Waals surface area contributed by atoms with Crippen LogP contribution >= 0.6 is 11.3 Å². The lowest BCUT2D eigenvalue weighted by atomic mass is 10.2. The molecule has 1 amide bonds. The van der Waals surface area contributed by atoms with E-state index < -0.39 is 0 Å². The number of phenolic OH excluding ortho intramolecular Hbond substituents is 1. The number of carbonyl (C=O) groups excluding carboxylic acids is 1. The van der Waals surface area contributed by atoms with Gasteiger partial charge in [-0.15, -0.1) is 10.2 Å². The van der Waals surface area contributed by atoms with Gasteiger partial charge in [0.05, 0.1) is 0 Å². The Morgan fingerprint density at radius 3 is 2.75 bits per heavy atom. The molecule has 0 bridgehead atoms. The molecule has 8 heteroatoms. The predicted molar refractivity (Wildman–Crippen MR) is 106 cm³/mol. The lowest BCUT2D eigenvalue weighted by Gasteiger charge is -1.97. The van der Waals surface area contributed by atoms with Crippen LogP contribution in [0.4, 0.5) is 5.13 Å². The van der Waals surface area contributed by atoms with E-state index in [1.807, 2.05) is 24.3 Å². The molecule has 0 aliphatic carbocycles. The Morgan fingerprint density at radius 1 is 1.07 bits per heavy atom. The van der Waals surface area contributed by atoms with Crippen molar-refractivity contribution < 1.29 is 19.4 Å². The van der Waals surface area contributed by atoms with Crippen LogP contribution < -0.4 is 14.8 Å². The summed E-state index contributed by atoms with van der Waals surface area (Å²) in [4.78, 5) is 12.0. The minimum Gasteiger partial charge on any atom is -0.508 e. The Labute approximate surface area is 164 Å². The molecule has 0 spiro atoms. The summed E-state index contributed by atoms with van der Waals surface area (Å²) in [7, 11) is 0. The molecule has 0 unspecified atom stereocenters. The summed E-state index contributed by atoms with van der Waals surface area (Å²) in [6.07, 6.45) is 6.67. The van der Waals surface area contributed by atoms with Crippen molar-refractivity contribution in [3.63, 3.8) is 0 Å². The summed E-state index contributed by atoms with van der Waals surface area (Å²) in [5, 5.41) is 21.1. The molecule has 2 N–H and O–H groups in total. The molecule has 2 heterocycles. The van der Waals surface area contributed by atoms with Gasteiger partial charge in [0, 0.05) is 11.6 Å². The zero-order valence-electron chi connectivity index (χ0n) is 14.5. The van der Waals surface area contributed by atoms with E-state index in [2.05, 4.69) is 15.5 Å². The highest BCUT2D eigenvalue weighted by Crippen LogP contribution is 2.32. The van der Waals surface area contributed by atoms with E-state index in [-0.39, 0.29) is 18.4 Å². The summed E-state index contributed by atoms with van der Waals surface area (Å²) in [6, 6.07) is 12.3. The van der Waals surface area contributed by atoms with E-state index in [4.69, 9.17) is 9.47 Å². The van der Waals surface area contributed by atoms with Gasteiger partial charge < -0.3 is 14.6 Å². The molecule has 4 rings (SSSR count). The molecule has 3 aromatic rings. The maximum absolute atomic E-state index is 12.0. The van der Waals surface area contributed by atoms with Crippen LogP contribution in [0.15, 0.2) is 60.7 Å². The molecule has 0 atom stereocenters. The average Bonchev–Trinajstić information content (AvgIpc) is 3.35. The third-order valence-electron chi connectivity index (χ3n) is 3.81. The second-order valence-corrected chi connectivity index (χ2v) is 6.76. The van der Waals surface area contributed by atoms with Gasteiger partial charge in [0.25, 0.3) is 0 Å². The molecule has 1 aliphatic rings. The minimum atomic E-state index is -0.302. The highest BCUT2D eigenvalue weighted by molar-refractivity contribution is 7.18. The molecular weight excluding hydrogens is 378 g/mol. The third-order valence-corrected chi connectivity index (χ3v) is 4.70. The van der Waals surface area contributed by atoms with Crippen LogP contribution in [0.25, 0.3) is 16.6 Å². The number of phenols is 1. The number of fused-ring (bicyclic) bond motifs is 1. The zero-order valence-corrected chi connectivity index (χ0v) is 15.3. The first kappa shape index (κ1) is 17.7. The smallest absolute Gasteiger partial charge is 0.250 e. The highest BCUT2D eigenvalue weighted by atomic mass is 32.1. The maximum Gasteiger partial charge on any atom is 0.250 e. The molecule has 0 saturated carbocycles. The first-order valence-corrected chi connectivity index (χ1v) is 9.17. The van der Waals surface area contributed by atoms with Gasteiger partial charge in [-0.05, 0) is 42.0 Å². The number of allylic oxidation sites excluding steroid dienone is 2. The highest BCUT2D eigenvalue weighted by Gasteiger charge is 2.12. The fourth-order valence-corrected chi connectivity index (χ4v) is 3.22.